The number of sulfonamides is 1. The fourth-order valence-electron chi connectivity index (χ4n) is 1.67. The number of esters is 1. The Kier molecular flexibility index (Phi) is 6.12. The third kappa shape index (κ3) is 4.59. The summed E-state index contributed by atoms with van der Waals surface area (Å²) in [7, 11) is -2.76. The van der Waals surface area contributed by atoms with Gasteiger partial charge in [0, 0.05) is 6.04 Å². The van der Waals surface area contributed by atoms with E-state index in [0.29, 0.717) is 6.42 Å². The zero-order chi connectivity index (χ0) is 15.2. The van der Waals surface area contributed by atoms with Gasteiger partial charge < -0.3 is 9.84 Å². The van der Waals surface area contributed by atoms with Gasteiger partial charge >= 0.3 is 5.97 Å². The van der Waals surface area contributed by atoms with E-state index in [2.05, 4.69) is 9.46 Å². The van der Waals surface area contributed by atoms with E-state index in [1.54, 1.807) is 0 Å². The van der Waals surface area contributed by atoms with E-state index < -0.39 is 27.3 Å². The molecule has 6 nitrogen and oxygen atoms in total. The first-order valence-electron chi connectivity index (χ1n) is 6.14. The Labute approximate surface area is 118 Å². The first-order valence-corrected chi connectivity index (χ1v) is 7.69. The highest BCUT2D eigenvalue weighted by atomic mass is 32.2. The largest absolute Gasteiger partial charge is 0.468 e. The van der Waals surface area contributed by atoms with Crippen LogP contribution >= 0.6 is 0 Å². The van der Waals surface area contributed by atoms with Crippen LogP contribution in [0.5, 0.6) is 0 Å². The van der Waals surface area contributed by atoms with Crippen LogP contribution in [-0.2, 0) is 26.0 Å². The minimum absolute atomic E-state index is 0.338. The number of carbonyl (C=O) groups excluding carboxylic acids is 1. The molecule has 112 valence electrons. The van der Waals surface area contributed by atoms with Crippen molar-refractivity contribution < 1.29 is 23.1 Å². The molecule has 0 saturated carbocycles. The SMILES string of the molecule is COC(=O)C(C)S(=O)(=O)N[C@@H](CO)Cc1ccccc1. The van der Waals surface area contributed by atoms with Gasteiger partial charge in [-0.15, -0.1) is 0 Å². The van der Waals surface area contributed by atoms with E-state index in [4.69, 9.17) is 0 Å². The fourth-order valence-corrected chi connectivity index (χ4v) is 2.85. The van der Waals surface area contributed by atoms with Crippen LogP contribution in [0.1, 0.15) is 12.5 Å². The zero-order valence-corrected chi connectivity index (χ0v) is 12.3. The Hall–Kier alpha value is -1.44. The number of methoxy groups -OCH3 is 1. The molecule has 1 rings (SSSR count). The molecule has 0 heterocycles. The van der Waals surface area contributed by atoms with Crippen LogP contribution in [0.4, 0.5) is 0 Å². The quantitative estimate of drug-likeness (QED) is 0.695. The average Bonchev–Trinajstić information content (AvgIpc) is 2.45. The Balaban J connectivity index is 2.75. The van der Waals surface area contributed by atoms with Crippen LogP contribution in [0.25, 0.3) is 0 Å². The second kappa shape index (κ2) is 7.37. The van der Waals surface area contributed by atoms with Crippen molar-refractivity contribution in [2.75, 3.05) is 13.7 Å². The summed E-state index contributed by atoms with van der Waals surface area (Å²) < 4.78 is 30.7. The van der Waals surface area contributed by atoms with E-state index >= 15 is 0 Å². The summed E-state index contributed by atoms with van der Waals surface area (Å²) in [5, 5.41) is 7.96. The first-order chi connectivity index (χ1) is 9.40. The maximum absolute atomic E-state index is 12.0. The topological polar surface area (TPSA) is 92.7 Å². The monoisotopic (exact) mass is 301 g/mol. The molecular formula is C13H19NO5S. The van der Waals surface area contributed by atoms with Crippen molar-refractivity contribution in [3.8, 4) is 0 Å². The highest BCUT2D eigenvalue weighted by Crippen LogP contribution is 2.07. The van der Waals surface area contributed by atoms with Crippen LogP contribution in [0.2, 0.25) is 0 Å². The standard InChI is InChI=1S/C13H19NO5S/c1-10(13(16)19-2)20(17,18)14-12(9-15)8-11-6-4-3-5-7-11/h3-7,10,12,14-15H,8-9H2,1-2H3/t10?,12-/m1/s1. The van der Waals surface area contributed by atoms with E-state index in [1.165, 1.54) is 6.92 Å². The molecule has 1 unspecified atom stereocenters. The summed E-state index contributed by atoms with van der Waals surface area (Å²) in [6, 6.07) is 8.49. The van der Waals surface area contributed by atoms with E-state index in [-0.39, 0.29) is 6.61 Å². The second-order valence-electron chi connectivity index (χ2n) is 4.40. The van der Waals surface area contributed by atoms with Gasteiger partial charge in [0.1, 0.15) is 0 Å². The minimum atomic E-state index is -3.89. The summed E-state index contributed by atoms with van der Waals surface area (Å²) in [6.07, 6.45) is 0.338. The van der Waals surface area contributed by atoms with Crippen molar-refractivity contribution in [1.82, 2.24) is 4.72 Å². The van der Waals surface area contributed by atoms with Gasteiger partial charge in [0.15, 0.2) is 5.25 Å². The lowest BCUT2D eigenvalue weighted by Gasteiger charge is -2.19. The van der Waals surface area contributed by atoms with Gasteiger partial charge in [-0.25, -0.2) is 13.1 Å². The van der Waals surface area contributed by atoms with Gasteiger partial charge in [-0.3, -0.25) is 4.79 Å². The van der Waals surface area contributed by atoms with Crippen LogP contribution in [0, 0.1) is 0 Å². The molecule has 1 aromatic rings. The van der Waals surface area contributed by atoms with Crippen molar-refractivity contribution in [3.05, 3.63) is 35.9 Å². The van der Waals surface area contributed by atoms with E-state index in [9.17, 15) is 18.3 Å². The number of carbonyl (C=O) groups is 1. The molecule has 0 aromatic heterocycles. The molecule has 0 bridgehead atoms. The predicted molar refractivity (Wildman–Crippen MR) is 74.6 cm³/mol. The molecular weight excluding hydrogens is 282 g/mol. The smallest absolute Gasteiger partial charge is 0.325 e. The highest BCUT2D eigenvalue weighted by Gasteiger charge is 2.30. The predicted octanol–water partition coefficient (Wildman–Crippen LogP) is 0.0709. The van der Waals surface area contributed by atoms with Crippen molar-refractivity contribution in [2.24, 2.45) is 0 Å². The Bertz CT molecular complexity index is 529. The Morgan fingerprint density at radius 2 is 1.95 bits per heavy atom. The third-order valence-electron chi connectivity index (χ3n) is 2.87. The summed E-state index contributed by atoms with van der Waals surface area (Å²) >= 11 is 0. The van der Waals surface area contributed by atoms with E-state index in [1.807, 2.05) is 30.3 Å². The van der Waals surface area contributed by atoms with Crippen LogP contribution < -0.4 is 4.72 Å². The van der Waals surface area contributed by atoms with Crippen molar-refractivity contribution >= 4 is 16.0 Å². The molecule has 0 radical (unpaired) electrons. The number of benzene rings is 1. The number of ether oxygens (including phenoxy) is 1. The molecule has 0 fully saturated rings. The molecule has 2 atom stereocenters. The molecule has 0 saturated heterocycles. The van der Waals surface area contributed by atoms with Gasteiger partial charge in [0.05, 0.1) is 13.7 Å². The Morgan fingerprint density at radius 1 is 1.35 bits per heavy atom. The molecule has 1 aromatic carbocycles. The number of hydrogen-bond acceptors (Lipinski definition) is 5. The molecule has 0 aliphatic rings. The fraction of sp³-hybridized carbons (Fsp3) is 0.462. The number of nitrogens with one attached hydrogen (secondary N) is 1. The second-order valence-corrected chi connectivity index (χ2v) is 6.43. The van der Waals surface area contributed by atoms with E-state index in [0.717, 1.165) is 12.7 Å². The summed E-state index contributed by atoms with van der Waals surface area (Å²) in [4.78, 5) is 11.3. The maximum atomic E-state index is 12.0. The normalized spacial score (nSPS) is 14.6. The lowest BCUT2D eigenvalue weighted by molar-refractivity contribution is -0.139. The maximum Gasteiger partial charge on any atom is 0.325 e. The first kappa shape index (κ1) is 16.6. The van der Waals surface area contributed by atoms with Gasteiger partial charge in [0.25, 0.3) is 0 Å². The minimum Gasteiger partial charge on any atom is -0.468 e. The third-order valence-corrected chi connectivity index (χ3v) is 4.66. The molecule has 2 N–H and O–H groups in total. The number of aliphatic hydroxyl groups excluding tert-OH is 1. The lowest BCUT2D eigenvalue weighted by Crippen LogP contribution is -2.45. The number of hydrogen-bond donors (Lipinski definition) is 2. The zero-order valence-electron chi connectivity index (χ0n) is 11.4. The molecule has 7 heteroatoms. The molecule has 0 amide bonds. The van der Waals surface area contributed by atoms with Gasteiger partial charge in [-0.1, -0.05) is 30.3 Å². The Morgan fingerprint density at radius 3 is 2.45 bits per heavy atom. The molecule has 0 aliphatic carbocycles. The van der Waals surface area contributed by atoms with Crippen LogP contribution in [0.15, 0.2) is 30.3 Å². The lowest BCUT2D eigenvalue weighted by atomic mass is 10.1. The number of rotatable bonds is 7. The van der Waals surface area contributed by atoms with Crippen molar-refractivity contribution in [2.45, 2.75) is 24.6 Å². The van der Waals surface area contributed by atoms with Crippen LogP contribution in [-0.4, -0.2) is 44.5 Å². The highest BCUT2D eigenvalue weighted by molar-refractivity contribution is 7.90. The van der Waals surface area contributed by atoms with Gasteiger partial charge in [-0.2, -0.15) is 0 Å². The summed E-state index contributed by atoms with van der Waals surface area (Å²) in [5.74, 6) is -0.839. The number of aliphatic hydroxyl groups is 1. The van der Waals surface area contributed by atoms with Crippen molar-refractivity contribution in [1.29, 1.82) is 0 Å². The van der Waals surface area contributed by atoms with Gasteiger partial charge in [0.2, 0.25) is 10.0 Å². The van der Waals surface area contributed by atoms with Crippen LogP contribution in [0.3, 0.4) is 0 Å². The molecule has 20 heavy (non-hydrogen) atoms. The van der Waals surface area contributed by atoms with Gasteiger partial charge in [-0.05, 0) is 18.9 Å². The average molecular weight is 301 g/mol. The molecule has 0 spiro atoms. The summed E-state index contributed by atoms with van der Waals surface area (Å²) in [6.45, 7) is 0.882. The van der Waals surface area contributed by atoms with Crippen molar-refractivity contribution in [3.63, 3.8) is 0 Å². The summed E-state index contributed by atoms with van der Waals surface area (Å²) in [5.41, 5.74) is 0.889. The molecule has 0 aliphatic heterocycles.